The Bertz CT molecular complexity index is 1640. The van der Waals surface area contributed by atoms with Crippen molar-refractivity contribution in [2.45, 2.75) is 32.7 Å². The van der Waals surface area contributed by atoms with E-state index in [1.54, 1.807) is 60.2 Å². The first-order chi connectivity index (χ1) is 22.6. The van der Waals surface area contributed by atoms with Crippen molar-refractivity contribution >= 4 is 57.3 Å². The molecule has 3 amide bonds. The van der Waals surface area contributed by atoms with Crippen LogP contribution in [-0.2, 0) is 14.4 Å². The lowest BCUT2D eigenvalue weighted by Crippen LogP contribution is -2.49. The summed E-state index contributed by atoms with van der Waals surface area (Å²) in [5, 5.41) is 3.49. The van der Waals surface area contributed by atoms with Gasteiger partial charge in [-0.25, -0.2) is 4.98 Å². The van der Waals surface area contributed by atoms with Gasteiger partial charge in [0.15, 0.2) is 16.6 Å². The van der Waals surface area contributed by atoms with Gasteiger partial charge in [-0.3, -0.25) is 19.2 Å². The molecule has 14 heteroatoms. The fourth-order valence-corrected chi connectivity index (χ4v) is 6.43. The lowest BCUT2D eigenvalue weighted by Gasteiger charge is -2.35. The first kappa shape index (κ1) is 33.8. The Morgan fingerprint density at radius 3 is 2.26 bits per heavy atom. The number of likely N-dealkylation sites (tertiary alicyclic amines) is 1. The van der Waals surface area contributed by atoms with Crippen LogP contribution in [0.4, 0.5) is 11.8 Å². The summed E-state index contributed by atoms with van der Waals surface area (Å²) in [4.78, 5) is 66.6. The van der Waals surface area contributed by atoms with Gasteiger partial charge in [0.1, 0.15) is 17.6 Å². The standard InChI is InChI=1S/C33H40N6O7S/c1-20(19-47-21(2)40)31(42)39-12-6-7-26(39)30(41)35-29-24-17-27(45-4)28(46-5)18-25(24)34-33(36-29)38-15-13-37(14-16-38)32(43)22-8-10-23(44-3)11-9-22/h8-11,17-18,20,26H,6-7,12-16,19H2,1-5H3,(H,34,35,36,41). The quantitative estimate of drug-likeness (QED) is 0.340. The van der Waals surface area contributed by atoms with Gasteiger partial charge in [0.25, 0.3) is 5.91 Å². The minimum atomic E-state index is -0.673. The Hall–Kier alpha value is -4.59. The fourth-order valence-electron chi connectivity index (χ4n) is 5.81. The molecule has 1 N–H and O–H groups in total. The molecule has 0 saturated carbocycles. The third-order valence-corrected chi connectivity index (χ3v) is 9.49. The Morgan fingerprint density at radius 2 is 1.62 bits per heavy atom. The number of fused-ring (bicyclic) bond motifs is 1. The van der Waals surface area contributed by atoms with Crippen LogP contribution in [0.3, 0.4) is 0 Å². The summed E-state index contributed by atoms with van der Waals surface area (Å²) in [7, 11) is 4.64. The van der Waals surface area contributed by atoms with Gasteiger partial charge in [-0.2, -0.15) is 4.98 Å². The van der Waals surface area contributed by atoms with Gasteiger partial charge in [0, 0.05) is 68.3 Å². The van der Waals surface area contributed by atoms with E-state index in [1.807, 2.05) is 4.90 Å². The number of amides is 3. The number of benzene rings is 2. The van der Waals surface area contributed by atoms with Gasteiger partial charge >= 0.3 is 0 Å². The first-order valence-corrected chi connectivity index (χ1v) is 16.5. The molecule has 2 fully saturated rings. The van der Waals surface area contributed by atoms with Crippen LogP contribution >= 0.6 is 11.8 Å². The summed E-state index contributed by atoms with van der Waals surface area (Å²) >= 11 is 1.11. The molecule has 13 nitrogen and oxygen atoms in total. The number of hydrogen-bond donors (Lipinski definition) is 1. The fraction of sp³-hybridized carbons (Fsp3) is 0.455. The Balaban J connectivity index is 1.38. The van der Waals surface area contributed by atoms with Gasteiger partial charge in [-0.1, -0.05) is 18.7 Å². The molecule has 3 aromatic rings. The summed E-state index contributed by atoms with van der Waals surface area (Å²) in [5.74, 6) is 1.67. The molecule has 0 radical (unpaired) electrons. The maximum Gasteiger partial charge on any atom is 0.253 e. The normalized spacial score (nSPS) is 17.0. The molecule has 2 aliphatic rings. The highest BCUT2D eigenvalue weighted by atomic mass is 32.2. The predicted octanol–water partition coefficient (Wildman–Crippen LogP) is 3.46. The van der Waals surface area contributed by atoms with Gasteiger partial charge in [-0.05, 0) is 43.2 Å². The van der Waals surface area contributed by atoms with Crippen molar-refractivity contribution in [1.29, 1.82) is 0 Å². The van der Waals surface area contributed by atoms with Crippen LogP contribution < -0.4 is 24.4 Å². The van der Waals surface area contributed by atoms with Gasteiger partial charge in [0.2, 0.25) is 17.8 Å². The molecule has 47 heavy (non-hydrogen) atoms. The second kappa shape index (κ2) is 14.9. The number of methoxy groups -OCH3 is 3. The second-order valence-corrected chi connectivity index (χ2v) is 12.7. The molecule has 2 atom stereocenters. The van der Waals surface area contributed by atoms with E-state index in [-0.39, 0.29) is 28.7 Å². The minimum Gasteiger partial charge on any atom is -0.497 e. The third kappa shape index (κ3) is 7.53. The summed E-state index contributed by atoms with van der Waals surface area (Å²) in [5.41, 5.74) is 1.12. The highest BCUT2D eigenvalue weighted by Crippen LogP contribution is 2.36. The predicted molar refractivity (Wildman–Crippen MR) is 179 cm³/mol. The number of aromatic nitrogens is 2. The van der Waals surface area contributed by atoms with E-state index >= 15 is 0 Å². The average Bonchev–Trinajstić information content (AvgIpc) is 3.59. The molecule has 1 aromatic heterocycles. The number of thioether (sulfide) groups is 1. The number of carbonyl (C=O) groups excluding carboxylic acids is 4. The second-order valence-electron chi connectivity index (χ2n) is 11.5. The summed E-state index contributed by atoms with van der Waals surface area (Å²) in [6, 6.07) is 9.81. The number of hydrogen-bond acceptors (Lipinski definition) is 11. The lowest BCUT2D eigenvalue weighted by molar-refractivity contribution is -0.139. The maximum atomic E-state index is 13.8. The monoisotopic (exact) mass is 664 g/mol. The number of piperazine rings is 1. The summed E-state index contributed by atoms with van der Waals surface area (Å²) in [6.45, 7) is 5.59. The van der Waals surface area contributed by atoms with Crippen LogP contribution in [0, 0.1) is 5.92 Å². The smallest absolute Gasteiger partial charge is 0.253 e. The molecule has 2 unspecified atom stereocenters. The molecule has 2 aliphatic heterocycles. The van der Waals surface area contributed by atoms with Crippen LogP contribution in [0.2, 0.25) is 0 Å². The van der Waals surface area contributed by atoms with Gasteiger partial charge in [-0.15, -0.1) is 0 Å². The molecule has 3 heterocycles. The van der Waals surface area contributed by atoms with E-state index in [0.717, 1.165) is 11.8 Å². The Kier molecular flexibility index (Phi) is 10.7. The number of carbonyl (C=O) groups is 4. The minimum absolute atomic E-state index is 0.0517. The molecule has 0 bridgehead atoms. The topological polar surface area (TPSA) is 144 Å². The van der Waals surface area contributed by atoms with E-state index in [0.29, 0.717) is 91.0 Å². The van der Waals surface area contributed by atoms with Crippen LogP contribution in [-0.4, -0.2) is 108 Å². The molecule has 250 valence electrons. The lowest BCUT2D eigenvalue weighted by atomic mass is 10.1. The zero-order valence-electron chi connectivity index (χ0n) is 27.3. The number of anilines is 2. The zero-order valence-corrected chi connectivity index (χ0v) is 28.1. The van der Waals surface area contributed by atoms with Gasteiger partial charge in [0.05, 0.1) is 26.8 Å². The number of nitrogens with one attached hydrogen (secondary N) is 1. The van der Waals surface area contributed by atoms with Crippen molar-refractivity contribution < 1.29 is 33.4 Å². The first-order valence-electron chi connectivity index (χ1n) is 15.5. The van der Waals surface area contributed by atoms with Crippen LogP contribution in [0.5, 0.6) is 17.2 Å². The van der Waals surface area contributed by atoms with Crippen molar-refractivity contribution in [3.63, 3.8) is 0 Å². The summed E-state index contributed by atoms with van der Waals surface area (Å²) in [6.07, 6.45) is 1.21. The third-order valence-electron chi connectivity index (χ3n) is 8.41. The molecule has 2 saturated heterocycles. The highest BCUT2D eigenvalue weighted by molar-refractivity contribution is 8.13. The van der Waals surface area contributed by atoms with Crippen LogP contribution in [0.1, 0.15) is 37.0 Å². The Labute approximate surface area is 277 Å². The number of rotatable bonds is 10. The van der Waals surface area contributed by atoms with E-state index in [1.165, 1.54) is 21.1 Å². The van der Waals surface area contributed by atoms with Crippen LogP contribution in [0.15, 0.2) is 36.4 Å². The van der Waals surface area contributed by atoms with Crippen molar-refractivity contribution in [1.82, 2.24) is 19.8 Å². The molecule has 5 rings (SSSR count). The Morgan fingerprint density at radius 1 is 0.936 bits per heavy atom. The number of ether oxygens (including phenoxy) is 3. The average molecular weight is 665 g/mol. The summed E-state index contributed by atoms with van der Waals surface area (Å²) < 4.78 is 16.2. The zero-order chi connectivity index (χ0) is 33.7. The van der Waals surface area contributed by atoms with E-state index in [4.69, 9.17) is 24.2 Å². The van der Waals surface area contributed by atoms with Crippen molar-refractivity contribution in [2.24, 2.45) is 5.92 Å². The molecular formula is C33H40N6O7S. The number of nitrogens with zero attached hydrogens (tertiary/aromatic N) is 5. The van der Waals surface area contributed by atoms with Gasteiger partial charge < -0.3 is 34.2 Å². The molecule has 2 aromatic carbocycles. The highest BCUT2D eigenvalue weighted by Gasteiger charge is 2.36. The van der Waals surface area contributed by atoms with E-state index < -0.39 is 12.0 Å². The van der Waals surface area contributed by atoms with E-state index in [9.17, 15) is 19.2 Å². The molecule has 0 aliphatic carbocycles. The largest absolute Gasteiger partial charge is 0.497 e. The van der Waals surface area contributed by atoms with E-state index in [2.05, 4.69) is 5.32 Å². The van der Waals surface area contributed by atoms with Crippen molar-refractivity contribution in [3.05, 3.63) is 42.0 Å². The maximum absolute atomic E-state index is 13.8. The molecular weight excluding hydrogens is 624 g/mol. The SMILES string of the molecule is COc1ccc(C(=O)N2CCN(c3nc(NC(=O)C4CCCN4C(=O)C(C)CSC(C)=O)c4cc(OC)c(OC)cc4n3)CC2)cc1. The van der Waals surface area contributed by atoms with Crippen molar-refractivity contribution in [3.8, 4) is 17.2 Å². The molecule has 0 spiro atoms. The van der Waals surface area contributed by atoms with Crippen molar-refractivity contribution in [2.75, 3.05) is 70.0 Å². The van der Waals surface area contributed by atoms with Crippen LogP contribution in [0.25, 0.3) is 10.9 Å².